The third kappa shape index (κ3) is 6.94. The normalized spacial score (nSPS) is 10.6. The quantitative estimate of drug-likeness (QED) is 0.287. The van der Waals surface area contributed by atoms with Crippen molar-refractivity contribution in [2.75, 3.05) is 23.5 Å². The van der Waals surface area contributed by atoms with Gasteiger partial charge in [0.1, 0.15) is 5.75 Å². The van der Waals surface area contributed by atoms with E-state index in [4.69, 9.17) is 16.3 Å². The molecule has 7 nitrogen and oxygen atoms in total. The van der Waals surface area contributed by atoms with Gasteiger partial charge in [-0.15, -0.1) is 10.2 Å². The van der Waals surface area contributed by atoms with Crippen molar-refractivity contribution in [3.63, 3.8) is 0 Å². The van der Waals surface area contributed by atoms with Gasteiger partial charge in [-0.05, 0) is 48.7 Å². The number of carbonyl (C=O) groups excluding carboxylic acids is 2. The molecule has 0 saturated heterocycles. The lowest BCUT2D eigenvalue weighted by Gasteiger charge is -2.07. The molecule has 0 aliphatic rings. The lowest BCUT2D eigenvalue weighted by Crippen LogP contribution is -2.13. The highest BCUT2D eigenvalue weighted by atomic mass is 35.5. The zero-order valence-electron chi connectivity index (χ0n) is 17.7. The largest absolute Gasteiger partial charge is 0.496 e. The molecular formula is C22H23ClN4O3S2. The number of carbonyl (C=O) groups is 2. The highest BCUT2D eigenvalue weighted by molar-refractivity contribution is 8.01. The number of thioether (sulfide) groups is 1. The Morgan fingerprint density at radius 1 is 1.12 bits per heavy atom. The fourth-order valence-electron chi connectivity index (χ4n) is 2.80. The van der Waals surface area contributed by atoms with Crippen LogP contribution in [0.2, 0.25) is 5.02 Å². The molecule has 0 aliphatic carbocycles. The molecule has 0 fully saturated rings. The molecule has 3 aromatic rings. The lowest BCUT2D eigenvalue weighted by molar-refractivity contribution is -0.113. The highest BCUT2D eigenvalue weighted by Crippen LogP contribution is 2.28. The van der Waals surface area contributed by atoms with Gasteiger partial charge in [0.25, 0.3) is 5.91 Å². The number of aryl methyl sites for hydroxylation is 1. The standard InChI is InChI=1S/C22H23ClN4O3S2/c1-3-4-5-14-6-9-16(10-7-14)24-19(28)13-31-22-27-26-21(32-22)25-20(29)17-12-15(23)8-11-18(17)30-2/h6-12H,3-5,13H2,1-2H3,(H,24,28)(H,25,26,29). The second kappa shape index (κ2) is 11.8. The number of halogens is 1. The monoisotopic (exact) mass is 490 g/mol. The maximum Gasteiger partial charge on any atom is 0.261 e. The first-order valence-electron chi connectivity index (χ1n) is 9.98. The molecule has 168 valence electrons. The molecule has 0 bridgehead atoms. The van der Waals surface area contributed by atoms with E-state index in [1.807, 2.05) is 24.3 Å². The summed E-state index contributed by atoms with van der Waals surface area (Å²) in [7, 11) is 1.48. The number of methoxy groups -OCH3 is 1. The summed E-state index contributed by atoms with van der Waals surface area (Å²) in [6.45, 7) is 2.16. The summed E-state index contributed by atoms with van der Waals surface area (Å²) in [6, 6.07) is 12.7. The third-order valence-corrected chi connectivity index (χ3v) is 6.62. The van der Waals surface area contributed by atoms with Crippen molar-refractivity contribution in [1.29, 1.82) is 0 Å². The van der Waals surface area contributed by atoms with Gasteiger partial charge < -0.3 is 10.1 Å². The molecule has 10 heteroatoms. The molecule has 3 rings (SSSR count). The molecule has 0 radical (unpaired) electrons. The maximum atomic E-state index is 12.5. The topological polar surface area (TPSA) is 93.2 Å². The minimum absolute atomic E-state index is 0.138. The number of aromatic nitrogens is 2. The summed E-state index contributed by atoms with van der Waals surface area (Å²) in [5.41, 5.74) is 2.32. The first-order chi connectivity index (χ1) is 15.5. The maximum absolute atomic E-state index is 12.5. The fraction of sp³-hybridized carbons (Fsp3) is 0.273. The minimum Gasteiger partial charge on any atom is -0.496 e. The van der Waals surface area contributed by atoms with Gasteiger partial charge in [0.05, 0.1) is 18.4 Å². The molecule has 32 heavy (non-hydrogen) atoms. The van der Waals surface area contributed by atoms with Crippen molar-refractivity contribution in [1.82, 2.24) is 10.2 Å². The van der Waals surface area contributed by atoms with E-state index in [-0.39, 0.29) is 11.7 Å². The number of benzene rings is 2. The number of nitrogens with zero attached hydrogens (tertiary/aromatic N) is 2. The van der Waals surface area contributed by atoms with Crippen LogP contribution in [0.15, 0.2) is 46.8 Å². The fourth-order valence-corrected chi connectivity index (χ4v) is 4.52. The number of ether oxygens (including phenoxy) is 1. The van der Waals surface area contributed by atoms with Crippen LogP contribution >= 0.6 is 34.7 Å². The predicted octanol–water partition coefficient (Wildman–Crippen LogP) is 5.53. The Bertz CT molecular complexity index is 1070. The van der Waals surface area contributed by atoms with E-state index in [1.165, 1.54) is 41.8 Å². The number of hydrogen-bond donors (Lipinski definition) is 2. The van der Waals surface area contributed by atoms with Gasteiger partial charge in [-0.3, -0.25) is 14.9 Å². The van der Waals surface area contributed by atoms with Gasteiger partial charge in [-0.1, -0.05) is 60.2 Å². The molecule has 2 N–H and O–H groups in total. The van der Waals surface area contributed by atoms with Crippen LogP contribution in [0, 0.1) is 0 Å². The van der Waals surface area contributed by atoms with Crippen LogP contribution in [-0.2, 0) is 11.2 Å². The highest BCUT2D eigenvalue weighted by Gasteiger charge is 2.16. The Morgan fingerprint density at radius 3 is 2.62 bits per heavy atom. The van der Waals surface area contributed by atoms with Gasteiger partial charge in [0, 0.05) is 10.7 Å². The van der Waals surface area contributed by atoms with Gasteiger partial charge in [0.15, 0.2) is 4.34 Å². The number of anilines is 2. The molecule has 0 spiro atoms. The van der Waals surface area contributed by atoms with Gasteiger partial charge in [-0.25, -0.2) is 0 Å². The van der Waals surface area contributed by atoms with Crippen molar-refractivity contribution in [3.05, 3.63) is 58.6 Å². The number of rotatable bonds is 10. The summed E-state index contributed by atoms with van der Waals surface area (Å²) in [4.78, 5) is 24.8. The lowest BCUT2D eigenvalue weighted by atomic mass is 10.1. The number of nitrogens with one attached hydrogen (secondary N) is 2. The predicted molar refractivity (Wildman–Crippen MR) is 130 cm³/mol. The number of amides is 2. The summed E-state index contributed by atoms with van der Waals surface area (Å²) in [5, 5.41) is 14.3. The summed E-state index contributed by atoms with van der Waals surface area (Å²) in [5.74, 6) is 0.0430. The molecule has 2 aromatic carbocycles. The van der Waals surface area contributed by atoms with Crippen LogP contribution in [0.4, 0.5) is 10.8 Å². The van der Waals surface area contributed by atoms with E-state index in [0.29, 0.717) is 25.8 Å². The Kier molecular flexibility index (Phi) is 8.90. The van der Waals surface area contributed by atoms with Gasteiger partial charge in [-0.2, -0.15) is 0 Å². The Hall–Kier alpha value is -2.62. The van der Waals surface area contributed by atoms with Gasteiger partial charge >= 0.3 is 0 Å². The zero-order chi connectivity index (χ0) is 22.9. The van der Waals surface area contributed by atoms with E-state index < -0.39 is 5.91 Å². The Labute approximate surface area is 199 Å². The molecule has 0 aliphatic heterocycles. The Balaban J connectivity index is 1.50. The second-order valence-electron chi connectivity index (χ2n) is 6.81. The van der Waals surface area contributed by atoms with Crippen LogP contribution in [0.5, 0.6) is 5.75 Å². The molecule has 0 saturated carbocycles. The van der Waals surface area contributed by atoms with E-state index in [9.17, 15) is 9.59 Å². The van der Waals surface area contributed by atoms with Crippen molar-refractivity contribution in [2.24, 2.45) is 0 Å². The molecule has 0 unspecified atom stereocenters. The molecule has 1 aromatic heterocycles. The van der Waals surface area contributed by atoms with E-state index in [2.05, 4.69) is 27.8 Å². The SMILES string of the molecule is CCCCc1ccc(NC(=O)CSc2nnc(NC(=O)c3cc(Cl)ccc3OC)s2)cc1. The van der Waals surface area contributed by atoms with Crippen molar-refractivity contribution in [3.8, 4) is 5.75 Å². The molecular weight excluding hydrogens is 468 g/mol. The first-order valence-corrected chi connectivity index (χ1v) is 12.2. The third-order valence-electron chi connectivity index (χ3n) is 4.42. The number of unbranched alkanes of at least 4 members (excludes halogenated alkanes) is 1. The van der Waals surface area contributed by atoms with E-state index in [1.54, 1.807) is 12.1 Å². The molecule has 1 heterocycles. The van der Waals surface area contributed by atoms with Crippen molar-refractivity contribution < 1.29 is 14.3 Å². The Morgan fingerprint density at radius 2 is 1.91 bits per heavy atom. The zero-order valence-corrected chi connectivity index (χ0v) is 20.1. The van der Waals surface area contributed by atoms with Crippen LogP contribution in [0.25, 0.3) is 0 Å². The van der Waals surface area contributed by atoms with Crippen LogP contribution in [-0.4, -0.2) is 34.9 Å². The van der Waals surface area contributed by atoms with Crippen LogP contribution in [0.1, 0.15) is 35.7 Å². The van der Waals surface area contributed by atoms with Crippen LogP contribution in [0.3, 0.4) is 0 Å². The smallest absolute Gasteiger partial charge is 0.261 e. The molecule has 0 atom stereocenters. The summed E-state index contributed by atoms with van der Waals surface area (Å²) < 4.78 is 5.77. The number of hydrogen-bond acceptors (Lipinski definition) is 7. The summed E-state index contributed by atoms with van der Waals surface area (Å²) in [6.07, 6.45) is 3.35. The van der Waals surface area contributed by atoms with E-state index in [0.717, 1.165) is 24.9 Å². The summed E-state index contributed by atoms with van der Waals surface area (Å²) >= 11 is 8.42. The van der Waals surface area contributed by atoms with Crippen LogP contribution < -0.4 is 15.4 Å². The minimum atomic E-state index is -0.405. The average molecular weight is 491 g/mol. The van der Waals surface area contributed by atoms with Gasteiger partial charge in [0.2, 0.25) is 11.0 Å². The average Bonchev–Trinajstić information content (AvgIpc) is 3.24. The molecule has 2 amide bonds. The van der Waals surface area contributed by atoms with Crippen molar-refractivity contribution in [2.45, 2.75) is 30.5 Å². The second-order valence-corrected chi connectivity index (χ2v) is 9.45. The van der Waals surface area contributed by atoms with Crippen molar-refractivity contribution >= 4 is 57.3 Å². The first kappa shape index (κ1) is 24.0. The van der Waals surface area contributed by atoms with E-state index >= 15 is 0 Å².